The normalized spacial score (nSPS) is 13.4. The molecule has 0 saturated carbocycles. The summed E-state index contributed by atoms with van der Waals surface area (Å²) in [5.41, 5.74) is 0.913. The summed E-state index contributed by atoms with van der Waals surface area (Å²) in [5, 5.41) is 8.12. The SMILES string of the molecule is CC(NC(=O)CNC(c1ccc(F)cc1)c1cccs1)c1ccco1. The van der Waals surface area contributed by atoms with Crippen LogP contribution < -0.4 is 10.6 Å². The fraction of sp³-hybridized carbons (Fsp3) is 0.211. The Hall–Kier alpha value is -2.44. The van der Waals surface area contributed by atoms with Crippen LogP contribution in [-0.2, 0) is 4.79 Å². The van der Waals surface area contributed by atoms with Gasteiger partial charge in [-0.25, -0.2) is 4.39 Å². The van der Waals surface area contributed by atoms with Crippen LogP contribution in [0, 0.1) is 5.82 Å². The van der Waals surface area contributed by atoms with Crippen LogP contribution in [-0.4, -0.2) is 12.5 Å². The van der Waals surface area contributed by atoms with Crippen molar-refractivity contribution in [3.63, 3.8) is 0 Å². The van der Waals surface area contributed by atoms with E-state index in [1.807, 2.05) is 30.5 Å². The highest BCUT2D eigenvalue weighted by Crippen LogP contribution is 2.26. The van der Waals surface area contributed by atoms with Crippen LogP contribution in [0.15, 0.2) is 64.6 Å². The van der Waals surface area contributed by atoms with E-state index in [4.69, 9.17) is 4.42 Å². The molecule has 0 aliphatic carbocycles. The summed E-state index contributed by atoms with van der Waals surface area (Å²) in [6.45, 7) is 2.01. The highest BCUT2D eigenvalue weighted by atomic mass is 32.1. The molecule has 0 spiro atoms. The maximum atomic E-state index is 13.2. The number of thiophene rings is 1. The van der Waals surface area contributed by atoms with E-state index in [2.05, 4.69) is 10.6 Å². The quantitative estimate of drug-likeness (QED) is 0.670. The van der Waals surface area contributed by atoms with Crippen LogP contribution in [0.3, 0.4) is 0 Å². The lowest BCUT2D eigenvalue weighted by Gasteiger charge is -2.19. The Kier molecular flexibility index (Phi) is 5.63. The number of hydrogen-bond donors (Lipinski definition) is 2. The zero-order valence-corrected chi connectivity index (χ0v) is 14.6. The Morgan fingerprint density at radius 3 is 2.64 bits per heavy atom. The molecule has 0 radical (unpaired) electrons. The van der Waals surface area contributed by atoms with Gasteiger partial charge in [0, 0.05) is 4.88 Å². The lowest BCUT2D eigenvalue weighted by atomic mass is 10.1. The van der Waals surface area contributed by atoms with Gasteiger partial charge in [-0.2, -0.15) is 0 Å². The van der Waals surface area contributed by atoms with E-state index in [-0.39, 0.29) is 30.4 Å². The Morgan fingerprint density at radius 2 is 2.00 bits per heavy atom. The Balaban J connectivity index is 1.64. The third-order valence-electron chi connectivity index (χ3n) is 3.85. The number of benzene rings is 1. The van der Waals surface area contributed by atoms with Crippen molar-refractivity contribution in [2.75, 3.05) is 6.54 Å². The molecule has 2 N–H and O–H groups in total. The van der Waals surface area contributed by atoms with Crippen molar-refractivity contribution in [1.29, 1.82) is 0 Å². The second-order valence-corrected chi connectivity index (χ2v) is 6.66. The molecule has 4 nitrogen and oxygen atoms in total. The minimum Gasteiger partial charge on any atom is -0.467 e. The molecular formula is C19H19FN2O2S. The average Bonchev–Trinajstić information content (AvgIpc) is 3.30. The summed E-state index contributed by atoms with van der Waals surface area (Å²) in [4.78, 5) is 13.3. The van der Waals surface area contributed by atoms with Gasteiger partial charge >= 0.3 is 0 Å². The van der Waals surface area contributed by atoms with Gasteiger partial charge in [-0.15, -0.1) is 11.3 Å². The molecule has 3 aromatic rings. The number of hydrogen-bond acceptors (Lipinski definition) is 4. The van der Waals surface area contributed by atoms with Crippen molar-refractivity contribution >= 4 is 17.2 Å². The first-order valence-electron chi connectivity index (χ1n) is 7.98. The summed E-state index contributed by atoms with van der Waals surface area (Å²) in [5.74, 6) is 0.299. The number of rotatable bonds is 7. The van der Waals surface area contributed by atoms with Crippen molar-refractivity contribution in [1.82, 2.24) is 10.6 Å². The average molecular weight is 358 g/mol. The first-order valence-corrected chi connectivity index (χ1v) is 8.86. The van der Waals surface area contributed by atoms with Gasteiger partial charge in [-0.1, -0.05) is 18.2 Å². The molecule has 0 aliphatic rings. The molecule has 0 aliphatic heterocycles. The molecule has 130 valence electrons. The Morgan fingerprint density at radius 1 is 1.20 bits per heavy atom. The van der Waals surface area contributed by atoms with E-state index in [1.54, 1.807) is 35.8 Å². The first kappa shape index (κ1) is 17.4. The standard InChI is InChI=1S/C19H19FN2O2S/c1-13(16-4-2-10-24-16)22-18(23)12-21-19(17-5-3-11-25-17)14-6-8-15(20)9-7-14/h2-11,13,19,21H,12H2,1H3,(H,22,23). The molecule has 2 aromatic heterocycles. The van der Waals surface area contributed by atoms with Gasteiger partial charge in [0.15, 0.2) is 0 Å². The third kappa shape index (κ3) is 4.55. The molecule has 2 unspecified atom stereocenters. The van der Waals surface area contributed by atoms with Crippen molar-refractivity contribution in [3.05, 3.63) is 82.2 Å². The van der Waals surface area contributed by atoms with E-state index in [1.165, 1.54) is 12.1 Å². The number of carbonyl (C=O) groups excluding carboxylic acids is 1. The Labute approximate surface area is 149 Å². The molecule has 2 atom stereocenters. The lowest BCUT2D eigenvalue weighted by Crippen LogP contribution is -2.37. The summed E-state index contributed by atoms with van der Waals surface area (Å²) in [6.07, 6.45) is 1.58. The van der Waals surface area contributed by atoms with E-state index in [9.17, 15) is 9.18 Å². The van der Waals surface area contributed by atoms with Crippen LogP contribution in [0.2, 0.25) is 0 Å². The maximum absolute atomic E-state index is 13.2. The zero-order chi connectivity index (χ0) is 17.6. The largest absolute Gasteiger partial charge is 0.467 e. The molecule has 0 fully saturated rings. The van der Waals surface area contributed by atoms with Gasteiger partial charge in [0.2, 0.25) is 5.91 Å². The van der Waals surface area contributed by atoms with Gasteiger partial charge in [0.25, 0.3) is 0 Å². The second-order valence-electron chi connectivity index (χ2n) is 5.69. The predicted molar refractivity (Wildman–Crippen MR) is 95.8 cm³/mol. The maximum Gasteiger partial charge on any atom is 0.234 e. The van der Waals surface area contributed by atoms with E-state index < -0.39 is 0 Å². The fourth-order valence-electron chi connectivity index (χ4n) is 2.59. The number of halogens is 1. The molecule has 3 rings (SSSR count). The third-order valence-corrected chi connectivity index (χ3v) is 4.78. The summed E-state index contributed by atoms with van der Waals surface area (Å²) < 4.78 is 18.5. The summed E-state index contributed by atoms with van der Waals surface area (Å²) in [6, 6.07) is 13.5. The molecule has 2 heterocycles. The predicted octanol–water partition coefficient (Wildman–Crippen LogP) is 4.04. The van der Waals surface area contributed by atoms with Gasteiger partial charge in [0.05, 0.1) is 24.9 Å². The number of nitrogens with one attached hydrogen (secondary N) is 2. The highest BCUT2D eigenvalue weighted by Gasteiger charge is 2.17. The molecular weight excluding hydrogens is 339 g/mol. The number of carbonyl (C=O) groups is 1. The lowest BCUT2D eigenvalue weighted by molar-refractivity contribution is -0.121. The van der Waals surface area contributed by atoms with Crippen LogP contribution in [0.25, 0.3) is 0 Å². The van der Waals surface area contributed by atoms with E-state index in [0.29, 0.717) is 5.76 Å². The van der Waals surface area contributed by atoms with Crippen LogP contribution >= 0.6 is 11.3 Å². The van der Waals surface area contributed by atoms with Gasteiger partial charge in [-0.3, -0.25) is 10.1 Å². The van der Waals surface area contributed by atoms with Crippen molar-refractivity contribution in [2.45, 2.75) is 19.0 Å². The first-order chi connectivity index (χ1) is 12.1. The van der Waals surface area contributed by atoms with Crippen molar-refractivity contribution in [3.8, 4) is 0 Å². The number of furan rings is 1. The molecule has 0 bridgehead atoms. The summed E-state index contributed by atoms with van der Waals surface area (Å²) in [7, 11) is 0. The minimum atomic E-state index is -0.279. The van der Waals surface area contributed by atoms with Crippen LogP contribution in [0.5, 0.6) is 0 Å². The molecule has 0 saturated heterocycles. The van der Waals surface area contributed by atoms with E-state index >= 15 is 0 Å². The second kappa shape index (κ2) is 8.09. The van der Waals surface area contributed by atoms with Gasteiger partial charge in [0.1, 0.15) is 11.6 Å². The fourth-order valence-corrected chi connectivity index (χ4v) is 3.42. The van der Waals surface area contributed by atoms with Crippen LogP contribution in [0.1, 0.15) is 35.2 Å². The smallest absolute Gasteiger partial charge is 0.234 e. The molecule has 1 amide bonds. The molecule has 25 heavy (non-hydrogen) atoms. The van der Waals surface area contributed by atoms with E-state index in [0.717, 1.165) is 10.4 Å². The Bertz CT molecular complexity index is 785. The van der Waals surface area contributed by atoms with Crippen molar-refractivity contribution < 1.29 is 13.6 Å². The van der Waals surface area contributed by atoms with Crippen LogP contribution in [0.4, 0.5) is 4.39 Å². The van der Waals surface area contributed by atoms with Gasteiger partial charge in [-0.05, 0) is 48.2 Å². The minimum absolute atomic E-state index is 0.132. The summed E-state index contributed by atoms with van der Waals surface area (Å²) >= 11 is 1.59. The van der Waals surface area contributed by atoms with Crippen molar-refractivity contribution in [2.24, 2.45) is 0 Å². The topological polar surface area (TPSA) is 54.3 Å². The molecule has 6 heteroatoms. The monoisotopic (exact) mass is 358 g/mol. The zero-order valence-electron chi connectivity index (χ0n) is 13.7. The highest BCUT2D eigenvalue weighted by molar-refractivity contribution is 7.10. The number of amides is 1. The van der Waals surface area contributed by atoms with Gasteiger partial charge < -0.3 is 9.73 Å². The molecule has 1 aromatic carbocycles.